The number of nitriles is 1. The van der Waals surface area contributed by atoms with Gasteiger partial charge in [-0.2, -0.15) is 5.26 Å². The summed E-state index contributed by atoms with van der Waals surface area (Å²) in [4.78, 5) is 81.2. The molecule has 0 saturated heterocycles. The van der Waals surface area contributed by atoms with Crippen molar-refractivity contribution in [1.29, 1.82) is 5.26 Å². The molecule has 2 heterocycles. The van der Waals surface area contributed by atoms with Crippen LogP contribution in [0.4, 0.5) is 0 Å². The molecule has 0 fully saturated rings. The van der Waals surface area contributed by atoms with E-state index in [-0.39, 0.29) is 57.8 Å². The zero-order chi connectivity index (χ0) is 47.5. The second-order valence-electron chi connectivity index (χ2n) is 16.5. The number of nitrogens with one attached hydrogen (secondary N) is 4. The highest BCUT2D eigenvalue weighted by molar-refractivity contribution is 6.00. The Balaban J connectivity index is 1.39. The number of carbonyl (C=O) groups is 5. The minimum Gasteiger partial charge on any atom is -0.492 e. The number of aryl methyl sites for hydroxylation is 4. The van der Waals surface area contributed by atoms with Gasteiger partial charge in [0.05, 0.1) is 23.0 Å². The summed E-state index contributed by atoms with van der Waals surface area (Å²) in [5, 5.41) is 20.0. The van der Waals surface area contributed by atoms with Gasteiger partial charge in [0.25, 0.3) is 5.91 Å². The number of amides is 5. The third-order valence-electron chi connectivity index (χ3n) is 11.7. The minimum absolute atomic E-state index is 0.00454. The maximum atomic E-state index is 14.7. The van der Waals surface area contributed by atoms with Crippen LogP contribution in [0.5, 0.6) is 11.5 Å². The van der Waals surface area contributed by atoms with Crippen LogP contribution in [0.2, 0.25) is 0 Å². The number of fused-ring (bicyclic) bond motifs is 6. The molecule has 0 saturated carbocycles. The Hall–Kier alpha value is -6.94. The lowest BCUT2D eigenvalue weighted by Crippen LogP contribution is -2.56. The van der Waals surface area contributed by atoms with Crippen LogP contribution in [0.25, 0.3) is 22.5 Å². The summed E-state index contributed by atoms with van der Waals surface area (Å²) in [6.07, 6.45) is 4.33. The number of hydrogen-bond acceptors (Lipinski definition) is 13. The molecule has 348 valence electrons. The van der Waals surface area contributed by atoms with Gasteiger partial charge in [-0.05, 0) is 112 Å². The molecule has 10 N–H and O–H groups in total. The minimum atomic E-state index is -1.40. The summed E-state index contributed by atoms with van der Waals surface area (Å²) in [5.41, 5.74) is 24.1. The first-order valence-corrected chi connectivity index (χ1v) is 22.2. The van der Waals surface area contributed by atoms with Gasteiger partial charge in [0.2, 0.25) is 23.6 Å². The molecule has 4 unspecified atom stereocenters. The van der Waals surface area contributed by atoms with Gasteiger partial charge in [-0.1, -0.05) is 24.3 Å². The monoisotopic (exact) mass is 901 g/mol. The van der Waals surface area contributed by atoms with E-state index in [4.69, 9.17) is 36.6 Å². The van der Waals surface area contributed by atoms with E-state index in [9.17, 15) is 29.2 Å². The van der Waals surface area contributed by atoms with Gasteiger partial charge < -0.3 is 52.8 Å². The molecule has 18 heteroatoms. The third-order valence-corrected chi connectivity index (χ3v) is 11.7. The van der Waals surface area contributed by atoms with Crippen molar-refractivity contribution in [3.8, 4) is 40.1 Å². The largest absolute Gasteiger partial charge is 0.492 e. The zero-order valence-corrected chi connectivity index (χ0v) is 37.9. The summed E-state index contributed by atoms with van der Waals surface area (Å²) in [5.74, 6) is -2.03. The zero-order valence-electron chi connectivity index (χ0n) is 37.9. The maximum absolute atomic E-state index is 14.7. The van der Waals surface area contributed by atoms with Crippen LogP contribution in [-0.2, 0) is 38.4 Å². The SMILES string of the molecule is Cc1nc(-c2ccc3c(c2)CCCC3)nc(C)c1C(=O)NC(CCN)C(=O)N(C)C1C(=O)NC(C)C(=O)NC(C(=O)NCC#N)Cc2ccc(OCCN)c(c2)-c2cc1ccc2OCCN. The van der Waals surface area contributed by atoms with E-state index in [0.717, 1.165) is 31.2 Å². The molecule has 1 aromatic heterocycles. The molecule has 0 radical (unpaired) electrons. The Morgan fingerprint density at radius 2 is 1.52 bits per heavy atom. The van der Waals surface area contributed by atoms with Crippen molar-refractivity contribution < 1.29 is 33.4 Å². The Morgan fingerprint density at radius 3 is 2.17 bits per heavy atom. The summed E-state index contributed by atoms with van der Waals surface area (Å²) in [7, 11) is 1.42. The van der Waals surface area contributed by atoms with Crippen LogP contribution < -0.4 is 47.9 Å². The Labute approximate surface area is 384 Å². The number of likely N-dealkylation sites (N-methyl/N-ethyl adjacent to an activating group) is 1. The van der Waals surface area contributed by atoms with Gasteiger partial charge in [-0.3, -0.25) is 24.0 Å². The van der Waals surface area contributed by atoms with Crippen molar-refractivity contribution in [2.24, 2.45) is 17.2 Å². The highest BCUT2D eigenvalue weighted by atomic mass is 16.5. The van der Waals surface area contributed by atoms with E-state index in [1.54, 1.807) is 50.2 Å². The molecule has 5 amide bonds. The van der Waals surface area contributed by atoms with Gasteiger partial charge in [0.15, 0.2) is 5.82 Å². The number of benzene rings is 3. The van der Waals surface area contributed by atoms with Crippen molar-refractivity contribution >= 4 is 29.5 Å². The fourth-order valence-electron chi connectivity index (χ4n) is 8.41. The molecule has 0 spiro atoms. The number of nitrogens with zero attached hydrogens (tertiary/aromatic N) is 4. The Kier molecular flexibility index (Phi) is 16.4. The fourth-order valence-corrected chi connectivity index (χ4v) is 8.41. The highest BCUT2D eigenvalue weighted by Crippen LogP contribution is 2.40. The fraction of sp³-hybridized carbons (Fsp3) is 0.417. The van der Waals surface area contributed by atoms with Gasteiger partial charge >= 0.3 is 0 Å². The molecule has 4 bridgehead atoms. The van der Waals surface area contributed by atoms with Crippen LogP contribution in [0.15, 0.2) is 54.6 Å². The number of rotatable bonds is 15. The second kappa shape index (κ2) is 22.3. The quantitative estimate of drug-likeness (QED) is 0.0840. The molecule has 66 heavy (non-hydrogen) atoms. The second-order valence-corrected chi connectivity index (χ2v) is 16.5. The first kappa shape index (κ1) is 48.5. The average Bonchev–Trinajstić information content (AvgIpc) is 3.30. The van der Waals surface area contributed by atoms with Crippen molar-refractivity contribution in [3.05, 3.63) is 93.8 Å². The van der Waals surface area contributed by atoms with E-state index in [0.29, 0.717) is 51.0 Å². The van der Waals surface area contributed by atoms with Crippen LogP contribution >= 0.6 is 0 Å². The van der Waals surface area contributed by atoms with Gasteiger partial charge in [-0.15, -0.1) is 0 Å². The van der Waals surface area contributed by atoms with Crippen LogP contribution in [0.3, 0.4) is 0 Å². The molecule has 3 aromatic carbocycles. The molecule has 4 atom stereocenters. The maximum Gasteiger partial charge on any atom is 0.255 e. The van der Waals surface area contributed by atoms with Gasteiger partial charge in [-0.25, -0.2) is 9.97 Å². The van der Waals surface area contributed by atoms with Crippen molar-refractivity contribution in [1.82, 2.24) is 36.1 Å². The van der Waals surface area contributed by atoms with Crippen LogP contribution in [0, 0.1) is 25.2 Å². The molecular weight excluding hydrogens is 843 g/mol. The molecule has 4 aromatic rings. The molecule has 18 nitrogen and oxygen atoms in total. The van der Waals surface area contributed by atoms with Crippen molar-refractivity contribution in [2.45, 2.75) is 83.5 Å². The predicted molar refractivity (Wildman–Crippen MR) is 247 cm³/mol. The molecule has 1 aliphatic carbocycles. The van der Waals surface area contributed by atoms with E-state index in [1.165, 1.54) is 30.0 Å². The number of ether oxygens (including phenoxy) is 2. The standard InChI is InChI=1S/C48H59N11O7/c1-27-41(28(2)55-43(54-27)34-11-10-31-7-5-6-8-32(31)25-34)46(62)57-37(15-16-49)48(64)59(4)42-33-12-14-40(66-22-19-52)36(26-33)35-23-30(9-13-39(35)65-21-18-51)24-38(45(61)53-20-17-50)58-44(60)29(3)56-47(42)63/h9-14,23,25-26,29,37-38,42H,5-8,15-16,18-22,24,49,51-52H2,1-4H3,(H,53,61)(H,56,63)(H,57,62)(H,58,60). The topological polar surface area (TPSA) is 283 Å². The highest BCUT2D eigenvalue weighted by Gasteiger charge is 2.36. The smallest absolute Gasteiger partial charge is 0.255 e. The van der Waals surface area contributed by atoms with Crippen LogP contribution in [0.1, 0.15) is 76.2 Å². The third kappa shape index (κ3) is 11.3. The number of hydrogen-bond donors (Lipinski definition) is 7. The number of carbonyl (C=O) groups excluding carboxylic acids is 5. The lowest BCUT2D eigenvalue weighted by Gasteiger charge is -2.32. The van der Waals surface area contributed by atoms with E-state index >= 15 is 0 Å². The summed E-state index contributed by atoms with van der Waals surface area (Å²) in [6.45, 7) is 5.27. The Bertz CT molecular complexity index is 2480. The van der Waals surface area contributed by atoms with E-state index in [1.807, 2.05) is 12.1 Å². The summed E-state index contributed by atoms with van der Waals surface area (Å²) < 4.78 is 12.2. The average molecular weight is 902 g/mol. The number of nitrogens with two attached hydrogens (primary N) is 3. The summed E-state index contributed by atoms with van der Waals surface area (Å²) in [6, 6.07) is 13.3. The van der Waals surface area contributed by atoms with Gasteiger partial charge in [0.1, 0.15) is 55.4 Å². The molecular formula is C48H59N11O7. The van der Waals surface area contributed by atoms with Crippen molar-refractivity contribution in [2.75, 3.05) is 46.4 Å². The van der Waals surface area contributed by atoms with Crippen LogP contribution in [-0.4, -0.2) is 109 Å². The lowest BCUT2D eigenvalue weighted by atomic mass is 9.90. The molecule has 6 rings (SSSR count). The molecule has 2 aliphatic rings. The molecule has 1 aliphatic heterocycles. The first-order valence-electron chi connectivity index (χ1n) is 22.2. The number of aromatic nitrogens is 2. The van der Waals surface area contributed by atoms with E-state index < -0.39 is 53.7 Å². The summed E-state index contributed by atoms with van der Waals surface area (Å²) >= 11 is 0. The predicted octanol–water partition coefficient (Wildman–Crippen LogP) is 1.81. The van der Waals surface area contributed by atoms with Gasteiger partial charge in [0, 0.05) is 43.2 Å². The lowest BCUT2D eigenvalue weighted by molar-refractivity contribution is -0.141. The first-order chi connectivity index (χ1) is 31.8. The normalized spacial score (nSPS) is 17.4. The Morgan fingerprint density at radius 1 is 0.864 bits per heavy atom. The van der Waals surface area contributed by atoms with Crippen molar-refractivity contribution in [3.63, 3.8) is 0 Å². The van der Waals surface area contributed by atoms with E-state index in [2.05, 4.69) is 33.4 Å².